The average molecular weight is 265 g/mol. The summed E-state index contributed by atoms with van der Waals surface area (Å²) in [6.45, 7) is 1.83. The van der Waals surface area contributed by atoms with Gasteiger partial charge in [0.2, 0.25) is 0 Å². The molecule has 2 heterocycles. The van der Waals surface area contributed by atoms with Crippen LogP contribution >= 0.6 is 11.6 Å². The molecule has 0 atom stereocenters. The van der Waals surface area contributed by atoms with E-state index in [1.54, 1.807) is 6.07 Å². The minimum absolute atomic E-state index is 0.568. The molecule has 0 fully saturated rings. The molecule has 1 aromatic carbocycles. The van der Waals surface area contributed by atoms with Crippen molar-refractivity contribution in [2.75, 3.05) is 18.5 Å². The van der Waals surface area contributed by atoms with Crippen LogP contribution in [0.4, 0.5) is 5.69 Å². The molecule has 0 amide bonds. The van der Waals surface area contributed by atoms with Gasteiger partial charge in [-0.25, -0.2) is 0 Å². The van der Waals surface area contributed by atoms with Gasteiger partial charge in [0, 0.05) is 24.0 Å². The number of halogens is 1. The molecule has 1 aliphatic heterocycles. The number of aromatic nitrogens is 1. The number of anilines is 1. The number of ether oxygens (including phenoxy) is 2. The number of benzene rings is 1. The van der Waals surface area contributed by atoms with Gasteiger partial charge in [-0.1, -0.05) is 11.6 Å². The Bertz CT molecular complexity index is 540. The minimum Gasteiger partial charge on any atom is -0.486 e. The van der Waals surface area contributed by atoms with E-state index in [2.05, 4.69) is 10.3 Å². The van der Waals surface area contributed by atoms with E-state index in [0.29, 0.717) is 30.5 Å². The Balaban J connectivity index is 1.79. The molecule has 0 saturated carbocycles. The fourth-order valence-corrected chi connectivity index (χ4v) is 2.09. The van der Waals surface area contributed by atoms with E-state index in [1.807, 2.05) is 24.4 Å². The predicted molar refractivity (Wildman–Crippen MR) is 70.6 cm³/mol. The van der Waals surface area contributed by atoms with Crippen LogP contribution in [0, 0.1) is 0 Å². The minimum atomic E-state index is 0.568. The van der Waals surface area contributed by atoms with Crippen LogP contribution in [0.25, 0.3) is 0 Å². The molecule has 3 rings (SSSR count). The first-order chi connectivity index (χ1) is 8.83. The van der Waals surface area contributed by atoms with E-state index in [0.717, 1.165) is 17.1 Å². The molecule has 94 valence electrons. The molecule has 1 aliphatic rings. The van der Waals surface area contributed by atoms with E-state index in [-0.39, 0.29) is 0 Å². The third-order valence-corrected chi connectivity index (χ3v) is 3.08. The Morgan fingerprint density at radius 2 is 2.00 bits per heavy atom. The molecule has 0 bridgehead atoms. The normalized spacial score (nSPS) is 13.4. The summed E-state index contributed by atoms with van der Waals surface area (Å²) >= 11 is 6.19. The van der Waals surface area contributed by atoms with Gasteiger partial charge in [-0.3, -0.25) is 0 Å². The predicted octanol–water partition coefficient (Wildman–Crippen LogP) is 3.05. The van der Waals surface area contributed by atoms with Crippen molar-refractivity contribution in [1.29, 1.82) is 0 Å². The summed E-state index contributed by atoms with van der Waals surface area (Å²) in [5.41, 5.74) is 1.94. The number of aromatic amines is 1. The van der Waals surface area contributed by atoms with Crippen LogP contribution in [0.2, 0.25) is 5.02 Å². The van der Waals surface area contributed by atoms with E-state index >= 15 is 0 Å². The third-order valence-electron chi connectivity index (χ3n) is 2.76. The average Bonchev–Trinajstić information content (AvgIpc) is 2.89. The molecule has 0 radical (unpaired) electrons. The highest BCUT2D eigenvalue weighted by atomic mass is 35.5. The lowest BCUT2D eigenvalue weighted by Gasteiger charge is -2.20. The van der Waals surface area contributed by atoms with Crippen molar-refractivity contribution in [3.8, 4) is 11.5 Å². The van der Waals surface area contributed by atoms with Crippen molar-refractivity contribution in [3.63, 3.8) is 0 Å². The number of hydrogen-bond donors (Lipinski definition) is 2. The van der Waals surface area contributed by atoms with Crippen LogP contribution in [0.1, 0.15) is 5.69 Å². The monoisotopic (exact) mass is 264 g/mol. The van der Waals surface area contributed by atoms with Crippen LogP contribution in [-0.2, 0) is 6.54 Å². The van der Waals surface area contributed by atoms with Crippen LogP contribution < -0.4 is 14.8 Å². The van der Waals surface area contributed by atoms with Crippen molar-refractivity contribution in [3.05, 3.63) is 41.2 Å². The molecule has 2 N–H and O–H groups in total. The summed E-state index contributed by atoms with van der Waals surface area (Å²) in [5, 5.41) is 3.90. The molecule has 1 aromatic heterocycles. The summed E-state index contributed by atoms with van der Waals surface area (Å²) < 4.78 is 11.0. The second kappa shape index (κ2) is 4.82. The van der Waals surface area contributed by atoms with E-state index in [4.69, 9.17) is 21.1 Å². The fraction of sp³-hybridized carbons (Fsp3) is 0.231. The molecule has 0 unspecified atom stereocenters. The Morgan fingerprint density at radius 3 is 2.72 bits per heavy atom. The summed E-state index contributed by atoms with van der Waals surface area (Å²) in [4.78, 5) is 3.13. The highest BCUT2D eigenvalue weighted by Crippen LogP contribution is 2.38. The number of nitrogens with one attached hydrogen (secondary N) is 2. The quantitative estimate of drug-likeness (QED) is 0.896. The number of rotatable bonds is 3. The maximum Gasteiger partial charge on any atom is 0.163 e. The lowest BCUT2D eigenvalue weighted by atomic mass is 10.2. The zero-order chi connectivity index (χ0) is 12.4. The Labute approximate surface area is 110 Å². The number of H-pyrrole nitrogens is 1. The molecule has 4 nitrogen and oxygen atoms in total. The summed E-state index contributed by atoms with van der Waals surface area (Å²) in [6, 6.07) is 7.63. The first-order valence-electron chi connectivity index (χ1n) is 5.78. The molecular formula is C13H13ClN2O2. The second-order valence-electron chi connectivity index (χ2n) is 4.02. The first kappa shape index (κ1) is 11.3. The second-order valence-corrected chi connectivity index (χ2v) is 4.43. The van der Waals surface area contributed by atoms with Gasteiger partial charge in [0.25, 0.3) is 0 Å². The standard InChI is InChI=1S/C13H13ClN2O2/c14-10-6-12-13(18-5-4-17-12)7-11(10)16-8-9-2-1-3-15-9/h1-3,6-7,15-16H,4-5,8H2. The van der Waals surface area contributed by atoms with Gasteiger partial charge in [0.05, 0.1) is 17.3 Å². The maximum atomic E-state index is 6.19. The summed E-state index contributed by atoms with van der Waals surface area (Å²) in [7, 11) is 0. The molecule has 2 aromatic rings. The number of fused-ring (bicyclic) bond motifs is 1. The van der Waals surface area contributed by atoms with Crippen LogP contribution in [0.5, 0.6) is 11.5 Å². The van der Waals surface area contributed by atoms with E-state index < -0.39 is 0 Å². The van der Waals surface area contributed by atoms with Crippen molar-refractivity contribution in [2.24, 2.45) is 0 Å². The first-order valence-corrected chi connectivity index (χ1v) is 6.16. The highest BCUT2D eigenvalue weighted by molar-refractivity contribution is 6.33. The molecule has 0 aliphatic carbocycles. The highest BCUT2D eigenvalue weighted by Gasteiger charge is 2.14. The third kappa shape index (κ3) is 2.24. The van der Waals surface area contributed by atoms with Gasteiger partial charge in [0.15, 0.2) is 11.5 Å². The van der Waals surface area contributed by atoms with Gasteiger partial charge in [-0.15, -0.1) is 0 Å². The molecule has 5 heteroatoms. The summed E-state index contributed by atoms with van der Waals surface area (Å²) in [5.74, 6) is 1.44. The van der Waals surface area contributed by atoms with Gasteiger partial charge >= 0.3 is 0 Å². The molecule has 18 heavy (non-hydrogen) atoms. The van der Waals surface area contributed by atoms with Crippen LogP contribution in [0.15, 0.2) is 30.5 Å². The van der Waals surface area contributed by atoms with Crippen molar-refractivity contribution in [2.45, 2.75) is 6.54 Å². The topological polar surface area (TPSA) is 46.3 Å². The molecule has 0 saturated heterocycles. The molecular weight excluding hydrogens is 252 g/mol. The largest absolute Gasteiger partial charge is 0.486 e. The Kier molecular flexibility index (Phi) is 3.02. The summed E-state index contributed by atoms with van der Waals surface area (Å²) in [6.07, 6.45) is 1.89. The SMILES string of the molecule is Clc1cc2c(cc1NCc1ccc[nH]1)OCCO2. The van der Waals surface area contributed by atoms with Gasteiger partial charge in [-0.05, 0) is 12.1 Å². The smallest absolute Gasteiger partial charge is 0.163 e. The zero-order valence-corrected chi connectivity index (χ0v) is 10.5. The van der Waals surface area contributed by atoms with Crippen molar-refractivity contribution >= 4 is 17.3 Å². The van der Waals surface area contributed by atoms with Gasteiger partial charge in [0.1, 0.15) is 13.2 Å². The molecule has 0 spiro atoms. The fourth-order valence-electron chi connectivity index (χ4n) is 1.87. The lowest BCUT2D eigenvalue weighted by Crippen LogP contribution is -2.15. The van der Waals surface area contributed by atoms with Crippen molar-refractivity contribution in [1.82, 2.24) is 4.98 Å². The van der Waals surface area contributed by atoms with Gasteiger partial charge < -0.3 is 19.8 Å². The Morgan fingerprint density at radius 1 is 1.22 bits per heavy atom. The number of hydrogen-bond acceptors (Lipinski definition) is 3. The zero-order valence-electron chi connectivity index (χ0n) is 9.70. The van der Waals surface area contributed by atoms with Gasteiger partial charge in [-0.2, -0.15) is 0 Å². The van der Waals surface area contributed by atoms with E-state index in [1.165, 1.54) is 0 Å². The van der Waals surface area contributed by atoms with Crippen LogP contribution in [-0.4, -0.2) is 18.2 Å². The van der Waals surface area contributed by atoms with Crippen LogP contribution in [0.3, 0.4) is 0 Å². The van der Waals surface area contributed by atoms with E-state index in [9.17, 15) is 0 Å². The van der Waals surface area contributed by atoms with Crippen molar-refractivity contribution < 1.29 is 9.47 Å². The lowest BCUT2D eigenvalue weighted by molar-refractivity contribution is 0.171. The maximum absolute atomic E-state index is 6.19. The Hall–Kier alpha value is -1.81.